The van der Waals surface area contributed by atoms with E-state index in [1.807, 2.05) is 12.1 Å². The van der Waals surface area contributed by atoms with Gasteiger partial charge in [-0.3, -0.25) is 4.79 Å². The lowest BCUT2D eigenvalue weighted by molar-refractivity contribution is 0.0695. The zero-order valence-corrected chi connectivity index (χ0v) is 17.6. The van der Waals surface area contributed by atoms with Crippen LogP contribution in [0.4, 0.5) is 0 Å². The highest BCUT2D eigenvalue weighted by atomic mass is 32.2. The first kappa shape index (κ1) is 20.3. The van der Waals surface area contributed by atoms with E-state index in [9.17, 15) is 13.2 Å². The molecule has 1 saturated heterocycles. The SMILES string of the molecule is COc1ccc(S(=O)(=O)C2CCN(C(=O)c3cc4cccc(OC)c4o3)CC2)cc1. The molecule has 30 heavy (non-hydrogen) atoms. The van der Waals surface area contributed by atoms with Crippen LogP contribution in [0.15, 0.2) is 57.8 Å². The molecular formula is C22H23NO6S. The summed E-state index contributed by atoms with van der Waals surface area (Å²) in [4.78, 5) is 14.8. The van der Waals surface area contributed by atoms with E-state index in [2.05, 4.69) is 0 Å². The van der Waals surface area contributed by atoms with Crippen molar-refractivity contribution in [1.82, 2.24) is 4.90 Å². The maximum atomic E-state index is 12.9. The Bertz CT molecular complexity index is 1160. The predicted molar refractivity (Wildman–Crippen MR) is 112 cm³/mol. The first-order chi connectivity index (χ1) is 14.4. The molecule has 0 atom stereocenters. The molecule has 1 aliphatic rings. The van der Waals surface area contributed by atoms with Crippen LogP contribution in [-0.2, 0) is 9.84 Å². The van der Waals surface area contributed by atoms with Crippen molar-refractivity contribution < 1.29 is 27.1 Å². The lowest BCUT2D eigenvalue weighted by atomic mass is 10.1. The Hall–Kier alpha value is -3.00. The highest BCUT2D eigenvalue weighted by Gasteiger charge is 2.33. The molecule has 0 unspecified atom stereocenters. The van der Waals surface area contributed by atoms with E-state index in [1.54, 1.807) is 48.4 Å². The number of para-hydroxylation sites is 1. The minimum atomic E-state index is -3.46. The van der Waals surface area contributed by atoms with Gasteiger partial charge in [0.1, 0.15) is 5.75 Å². The highest BCUT2D eigenvalue weighted by Crippen LogP contribution is 2.30. The number of furan rings is 1. The normalized spacial score (nSPS) is 15.3. The van der Waals surface area contributed by atoms with Gasteiger partial charge in [-0.05, 0) is 49.2 Å². The Morgan fingerprint density at radius 2 is 1.73 bits per heavy atom. The number of hydrogen-bond acceptors (Lipinski definition) is 6. The van der Waals surface area contributed by atoms with Gasteiger partial charge in [-0.2, -0.15) is 0 Å². The zero-order chi connectivity index (χ0) is 21.3. The quantitative estimate of drug-likeness (QED) is 0.617. The van der Waals surface area contributed by atoms with Crippen LogP contribution in [0.3, 0.4) is 0 Å². The van der Waals surface area contributed by atoms with Gasteiger partial charge >= 0.3 is 0 Å². The molecule has 0 saturated carbocycles. The standard InChI is InChI=1S/C22H23NO6S/c1-27-16-6-8-17(9-7-16)30(25,26)18-10-12-23(13-11-18)22(24)20-14-15-4-3-5-19(28-2)21(15)29-20/h3-9,14,18H,10-13H2,1-2H3. The van der Waals surface area contributed by atoms with Gasteiger partial charge in [-0.15, -0.1) is 0 Å². The van der Waals surface area contributed by atoms with Gasteiger partial charge in [0.05, 0.1) is 24.4 Å². The number of sulfone groups is 1. The fourth-order valence-corrected chi connectivity index (χ4v) is 5.52. The number of rotatable bonds is 5. The minimum absolute atomic E-state index is 0.228. The summed E-state index contributed by atoms with van der Waals surface area (Å²) < 4.78 is 42.0. The first-order valence-electron chi connectivity index (χ1n) is 9.68. The van der Waals surface area contributed by atoms with Gasteiger partial charge in [0, 0.05) is 18.5 Å². The summed E-state index contributed by atoms with van der Waals surface area (Å²) in [7, 11) is -0.379. The van der Waals surface area contributed by atoms with E-state index < -0.39 is 15.1 Å². The number of nitrogens with zero attached hydrogens (tertiary/aromatic N) is 1. The van der Waals surface area contributed by atoms with Crippen LogP contribution in [0.25, 0.3) is 11.0 Å². The Morgan fingerprint density at radius 3 is 2.37 bits per heavy atom. The molecule has 0 spiro atoms. The lowest BCUT2D eigenvalue weighted by Crippen LogP contribution is -2.42. The first-order valence-corrected chi connectivity index (χ1v) is 11.2. The van der Waals surface area contributed by atoms with Gasteiger partial charge in [0.15, 0.2) is 26.9 Å². The zero-order valence-electron chi connectivity index (χ0n) is 16.8. The maximum Gasteiger partial charge on any atom is 0.289 e. The number of carbonyl (C=O) groups is 1. The lowest BCUT2D eigenvalue weighted by Gasteiger charge is -2.31. The Morgan fingerprint density at radius 1 is 1.03 bits per heavy atom. The van der Waals surface area contributed by atoms with Crippen molar-refractivity contribution in [2.45, 2.75) is 23.0 Å². The molecule has 2 aromatic carbocycles. The van der Waals surface area contributed by atoms with Crippen LogP contribution in [0.5, 0.6) is 11.5 Å². The van der Waals surface area contributed by atoms with Gasteiger partial charge in [0.2, 0.25) is 0 Å². The van der Waals surface area contributed by atoms with Gasteiger partial charge in [-0.25, -0.2) is 8.42 Å². The molecule has 158 valence electrons. The van der Waals surface area contributed by atoms with Crippen molar-refractivity contribution in [3.63, 3.8) is 0 Å². The van der Waals surface area contributed by atoms with Crippen molar-refractivity contribution >= 4 is 26.7 Å². The van der Waals surface area contributed by atoms with E-state index in [0.29, 0.717) is 43.0 Å². The van der Waals surface area contributed by atoms with Crippen molar-refractivity contribution in [2.24, 2.45) is 0 Å². The number of amides is 1. The van der Waals surface area contributed by atoms with Crippen LogP contribution in [-0.4, -0.2) is 51.8 Å². The van der Waals surface area contributed by atoms with Gasteiger partial charge in [-0.1, -0.05) is 12.1 Å². The summed E-state index contributed by atoms with van der Waals surface area (Å²) in [6, 6.07) is 13.6. The summed E-state index contributed by atoms with van der Waals surface area (Å²) >= 11 is 0. The van der Waals surface area contributed by atoms with Crippen molar-refractivity contribution in [3.05, 3.63) is 54.3 Å². The molecule has 1 amide bonds. The molecule has 1 aromatic heterocycles. The molecule has 2 heterocycles. The number of carbonyl (C=O) groups excluding carboxylic acids is 1. The third-order valence-corrected chi connectivity index (χ3v) is 7.77. The Kier molecular flexibility index (Phi) is 5.42. The minimum Gasteiger partial charge on any atom is -0.497 e. The topological polar surface area (TPSA) is 86.1 Å². The second-order valence-electron chi connectivity index (χ2n) is 7.20. The van der Waals surface area contributed by atoms with Gasteiger partial charge < -0.3 is 18.8 Å². The number of piperidine rings is 1. The van der Waals surface area contributed by atoms with E-state index in [-0.39, 0.29) is 16.6 Å². The summed E-state index contributed by atoms with van der Waals surface area (Å²) in [5, 5.41) is 0.264. The summed E-state index contributed by atoms with van der Waals surface area (Å²) in [6.45, 7) is 0.708. The second kappa shape index (κ2) is 8.02. The number of hydrogen-bond donors (Lipinski definition) is 0. The average molecular weight is 429 g/mol. The van der Waals surface area contributed by atoms with Crippen LogP contribution in [0, 0.1) is 0 Å². The van der Waals surface area contributed by atoms with Crippen molar-refractivity contribution in [2.75, 3.05) is 27.3 Å². The third kappa shape index (κ3) is 3.63. The third-order valence-electron chi connectivity index (χ3n) is 5.49. The fraction of sp³-hybridized carbons (Fsp3) is 0.318. The van der Waals surface area contributed by atoms with E-state index >= 15 is 0 Å². The molecule has 0 N–H and O–H groups in total. The number of ether oxygens (including phenoxy) is 2. The molecule has 0 bridgehead atoms. The summed E-state index contributed by atoms with van der Waals surface area (Å²) in [6.07, 6.45) is 0.757. The largest absolute Gasteiger partial charge is 0.497 e. The monoisotopic (exact) mass is 429 g/mol. The van der Waals surface area contributed by atoms with Crippen molar-refractivity contribution in [1.29, 1.82) is 0 Å². The summed E-state index contributed by atoms with van der Waals surface area (Å²) in [5.74, 6) is 1.16. The van der Waals surface area contributed by atoms with Crippen LogP contribution >= 0.6 is 0 Å². The summed E-state index contributed by atoms with van der Waals surface area (Å²) in [5.41, 5.74) is 0.528. The van der Waals surface area contributed by atoms with Gasteiger partial charge in [0.25, 0.3) is 5.91 Å². The maximum absolute atomic E-state index is 12.9. The predicted octanol–water partition coefficient (Wildman–Crippen LogP) is 3.53. The molecule has 0 aliphatic carbocycles. The number of likely N-dealkylation sites (tertiary alicyclic amines) is 1. The molecule has 4 rings (SSSR count). The van der Waals surface area contributed by atoms with E-state index in [0.717, 1.165) is 5.39 Å². The van der Waals surface area contributed by atoms with E-state index in [1.165, 1.54) is 7.11 Å². The number of benzene rings is 2. The highest BCUT2D eigenvalue weighted by molar-refractivity contribution is 7.92. The van der Waals surface area contributed by atoms with Crippen LogP contribution in [0.2, 0.25) is 0 Å². The second-order valence-corrected chi connectivity index (χ2v) is 9.43. The molecule has 3 aromatic rings. The molecule has 8 heteroatoms. The molecule has 1 aliphatic heterocycles. The molecule has 1 fully saturated rings. The van der Waals surface area contributed by atoms with Crippen LogP contribution < -0.4 is 9.47 Å². The molecule has 7 nitrogen and oxygen atoms in total. The number of fused-ring (bicyclic) bond motifs is 1. The Labute approximate surface area is 175 Å². The fourth-order valence-electron chi connectivity index (χ4n) is 3.79. The smallest absolute Gasteiger partial charge is 0.289 e. The number of methoxy groups -OCH3 is 2. The van der Waals surface area contributed by atoms with E-state index in [4.69, 9.17) is 13.9 Å². The Balaban J connectivity index is 1.47. The van der Waals surface area contributed by atoms with Crippen LogP contribution in [0.1, 0.15) is 23.4 Å². The molecular weight excluding hydrogens is 406 g/mol. The van der Waals surface area contributed by atoms with Crippen molar-refractivity contribution in [3.8, 4) is 11.5 Å². The molecule has 0 radical (unpaired) electrons. The average Bonchev–Trinajstić information content (AvgIpc) is 3.23.